The average molecular weight is 498 g/mol. The largest absolute Gasteiger partial charge is 0.491 e. The Morgan fingerprint density at radius 3 is 2.12 bits per heavy atom. The van der Waals surface area contributed by atoms with Crippen molar-refractivity contribution < 1.29 is 28.5 Å². The Morgan fingerprint density at radius 2 is 1.58 bits per heavy atom. The van der Waals surface area contributed by atoms with Crippen molar-refractivity contribution in [1.29, 1.82) is 0 Å². The monoisotopic (exact) mass is 497 g/mol. The zero-order valence-corrected chi connectivity index (χ0v) is 20.4. The van der Waals surface area contributed by atoms with Crippen LogP contribution in [0.4, 0.5) is 11.4 Å². The maximum atomic E-state index is 12.8. The molecule has 2 aromatic rings. The molecule has 178 valence electrons. The molecular weight excluding hydrogens is 473 g/mol. The van der Waals surface area contributed by atoms with Gasteiger partial charge in [0.05, 0.1) is 43.2 Å². The number of hydrogen-bond donors (Lipinski definition) is 1. The summed E-state index contributed by atoms with van der Waals surface area (Å²) in [6, 6.07) is 4.68. The minimum atomic E-state index is -1.44. The number of anilines is 1. The van der Waals surface area contributed by atoms with Gasteiger partial charge in [-0.2, -0.15) is 10.2 Å². The maximum Gasteiger partial charge on any atom is 0.258 e. The molecule has 0 aliphatic heterocycles. The quantitative estimate of drug-likeness (QED) is 0.324. The van der Waals surface area contributed by atoms with Crippen LogP contribution in [0.3, 0.4) is 0 Å². The molecule has 1 atom stereocenters. The number of carbonyl (C=O) groups is 2. The Hall–Kier alpha value is -3.04. The summed E-state index contributed by atoms with van der Waals surface area (Å²) in [7, 11) is 2.83. The first-order valence-electron chi connectivity index (χ1n) is 9.99. The number of methoxy groups -OCH3 is 2. The van der Waals surface area contributed by atoms with Crippen LogP contribution in [0.25, 0.3) is 0 Å². The molecule has 0 spiro atoms. The summed E-state index contributed by atoms with van der Waals surface area (Å²) in [6.07, 6.45) is 0. The molecule has 1 unspecified atom stereocenters. The number of benzene rings is 2. The standard InChI is InChI=1S/C22H25Cl2N3O6/c1-6-32-17-10-14(24)16(11-18(17)33-7-2)25-22(29)19(12(3)28)27-26-15-9-8-13(23)20(30-4)21(15)31-5/h8-11,19H,6-7H2,1-5H3,(H,25,29). The van der Waals surface area contributed by atoms with Gasteiger partial charge in [-0.15, -0.1) is 0 Å². The normalized spacial score (nSPS) is 11.7. The molecular formula is C22H25Cl2N3O6. The summed E-state index contributed by atoms with van der Waals surface area (Å²) in [5.41, 5.74) is 0.469. The Balaban J connectivity index is 2.34. The molecule has 11 heteroatoms. The van der Waals surface area contributed by atoms with E-state index in [1.54, 1.807) is 0 Å². The highest BCUT2D eigenvalue weighted by molar-refractivity contribution is 6.34. The number of nitrogens with zero attached hydrogens (tertiary/aromatic N) is 2. The number of ketones is 1. The van der Waals surface area contributed by atoms with Crippen LogP contribution in [0.5, 0.6) is 23.0 Å². The Labute approximate surface area is 202 Å². The molecule has 0 aromatic heterocycles. The van der Waals surface area contributed by atoms with Crippen LogP contribution in [-0.4, -0.2) is 45.2 Å². The third-order valence-corrected chi connectivity index (χ3v) is 4.87. The van der Waals surface area contributed by atoms with Gasteiger partial charge in [0.1, 0.15) is 5.69 Å². The predicted molar refractivity (Wildman–Crippen MR) is 126 cm³/mol. The highest BCUT2D eigenvalue weighted by Gasteiger charge is 2.25. The van der Waals surface area contributed by atoms with Gasteiger partial charge in [-0.1, -0.05) is 23.2 Å². The van der Waals surface area contributed by atoms with Crippen molar-refractivity contribution in [1.82, 2.24) is 0 Å². The van der Waals surface area contributed by atoms with E-state index in [9.17, 15) is 9.59 Å². The molecule has 9 nitrogen and oxygen atoms in total. The highest BCUT2D eigenvalue weighted by Crippen LogP contribution is 2.42. The highest BCUT2D eigenvalue weighted by atomic mass is 35.5. The first kappa shape index (κ1) is 26.2. The molecule has 2 aromatic carbocycles. The van der Waals surface area contributed by atoms with Crippen LogP contribution in [0, 0.1) is 0 Å². The minimum absolute atomic E-state index is 0.207. The third-order valence-electron chi connectivity index (χ3n) is 4.26. The van der Waals surface area contributed by atoms with Gasteiger partial charge in [0, 0.05) is 12.1 Å². The van der Waals surface area contributed by atoms with Crippen LogP contribution in [0.2, 0.25) is 10.0 Å². The fourth-order valence-electron chi connectivity index (χ4n) is 2.80. The molecule has 1 amide bonds. The van der Waals surface area contributed by atoms with E-state index in [1.807, 2.05) is 13.8 Å². The van der Waals surface area contributed by atoms with Crippen LogP contribution >= 0.6 is 23.2 Å². The molecule has 1 N–H and O–H groups in total. The van der Waals surface area contributed by atoms with Crippen LogP contribution < -0.4 is 24.3 Å². The Morgan fingerprint density at radius 1 is 0.970 bits per heavy atom. The summed E-state index contributed by atoms with van der Waals surface area (Å²) in [5, 5.41) is 11.1. The molecule has 0 bridgehead atoms. The van der Waals surface area contributed by atoms with E-state index in [1.165, 1.54) is 45.4 Å². The third kappa shape index (κ3) is 6.49. The van der Waals surface area contributed by atoms with Gasteiger partial charge in [0.2, 0.25) is 6.04 Å². The zero-order valence-electron chi connectivity index (χ0n) is 18.9. The van der Waals surface area contributed by atoms with Crippen molar-refractivity contribution in [2.75, 3.05) is 32.8 Å². The van der Waals surface area contributed by atoms with E-state index < -0.39 is 17.7 Å². The van der Waals surface area contributed by atoms with Gasteiger partial charge in [-0.05, 0) is 32.9 Å². The van der Waals surface area contributed by atoms with Crippen molar-refractivity contribution in [3.05, 3.63) is 34.3 Å². The number of halogens is 2. The van der Waals surface area contributed by atoms with Gasteiger partial charge >= 0.3 is 0 Å². The van der Waals surface area contributed by atoms with Crippen molar-refractivity contribution in [2.45, 2.75) is 26.8 Å². The number of azo groups is 1. The van der Waals surface area contributed by atoms with Gasteiger partial charge in [0.25, 0.3) is 5.91 Å². The van der Waals surface area contributed by atoms with E-state index >= 15 is 0 Å². The molecule has 0 aliphatic carbocycles. The lowest BCUT2D eigenvalue weighted by atomic mass is 10.2. The number of rotatable bonds is 11. The number of carbonyl (C=O) groups excluding carboxylic acids is 2. The second kappa shape index (κ2) is 12.3. The second-order valence-corrected chi connectivity index (χ2v) is 7.31. The Kier molecular flexibility index (Phi) is 9.74. The molecule has 0 heterocycles. The predicted octanol–water partition coefficient (Wildman–Crippen LogP) is 5.49. The number of amides is 1. The molecule has 0 fully saturated rings. The molecule has 0 aliphatic rings. The summed E-state index contributed by atoms with van der Waals surface area (Å²) >= 11 is 12.4. The van der Waals surface area contributed by atoms with E-state index in [2.05, 4.69) is 15.5 Å². The van der Waals surface area contributed by atoms with E-state index in [4.69, 9.17) is 42.1 Å². The van der Waals surface area contributed by atoms with Crippen molar-refractivity contribution in [2.24, 2.45) is 10.2 Å². The summed E-state index contributed by atoms with van der Waals surface area (Å²) in [4.78, 5) is 25.0. The zero-order chi connectivity index (χ0) is 24.5. The first-order chi connectivity index (χ1) is 15.8. The number of hydrogen-bond acceptors (Lipinski definition) is 8. The summed E-state index contributed by atoms with van der Waals surface area (Å²) in [6.45, 7) is 5.66. The van der Waals surface area contributed by atoms with Gasteiger partial charge in [0.15, 0.2) is 28.8 Å². The van der Waals surface area contributed by atoms with E-state index in [0.717, 1.165) is 0 Å². The average Bonchev–Trinajstić information content (AvgIpc) is 2.77. The van der Waals surface area contributed by atoms with Gasteiger partial charge < -0.3 is 24.3 Å². The smallest absolute Gasteiger partial charge is 0.258 e. The SMILES string of the molecule is CCOc1cc(Cl)c(NC(=O)C(N=Nc2ccc(Cl)c(OC)c2OC)C(C)=O)cc1OCC. The lowest BCUT2D eigenvalue weighted by Crippen LogP contribution is -2.32. The maximum absolute atomic E-state index is 12.8. The molecule has 0 saturated carbocycles. The first-order valence-corrected chi connectivity index (χ1v) is 10.7. The molecule has 0 saturated heterocycles. The second-order valence-electron chi connectivity index (χ2n) is 6.50. The van der Waals surface area contributed by atoms with Crippen molar-refractivity contribution >= 4 is 46.3 Å². The van der Waals surface area contributed by atoms with Gasteiger partial charge in [-0.3, -0.25) is 9.59 Å². The van der Waals surface area contributed by atoms with Gasteiger partial charge in [-0.25, -0.2) is 0 Å². The van der Waals surface area contributed by atoms with Crippen molar-refractivity contribution in [3.63, 3.8) is 0 Å². The minimum Gasteiger partial charge on any atom is -0.491 e. The number of Topliss-reactive ketones (excluding diaryl/α,β-unsaturated/α-hetero) is 1. The summed E-state index contributed by atoms with van der Waals surface area (Å²) < 4.78 is 21.6. The van der Waals surface area contributed by atoms with Crippen LogP contribution in [0.15, 0.2) is 34.5 Å². The fourth-order valence-corrected chi connectivity index (χ4v) is 3.23. The number of ether oxygens (including phenoxy) is 4. The number of nitrogens with one attached hydrogen (secondary N) is 1. The topological polar surface area (TPSA) is 108 Å². The molecule has 0 radical (unpaired) electrons. The Bertz CT molecular complexity index is 1050. The van der Waals surface area contributed by atoms with E-state index in [-0.39, 0.29) is 27.9 Å². The van der Waals surface area contributed by atoms with E-state index in [0.29, 0.717) is 29.7 Å². The van der Waals surface area contributed by atoms with Crippen molar-refractivity contribution in [3.8, 4) is 23.0 Å². The molecule has 33 heavy (non-hydrogen) atoms. The van der Waals surface area contributed by atoms with Crippen LogP contribution in [0.1, 0.15) is 20.8 Å². The van der Waals surface area contributed by atoms with Crippen LogP contribution in [-0.2, 0) is 9.59 Å². The fraction of sp³-hybridized carbons (Fsp3) is 0.364. The lowest BCUT2D eigenvalue weighted by molar-refractivity contribution is -0.126. The summed E-state index contributed by atoms with van der Waals surface area (Å²) in [5.74, 6) is 0.0614. The lowest BCUT2D eigenvalue weighted by Gasteiger charge is -2.16. The molecule has 2 rings (SSSR count).